The minimum Gasteiger partial charge on any atom is -0.497 e. The van der Waals surface area contributed by atoms with Gasteiger partial charge >= 0.3 is 0 Å². The highest BCUT2D eigenvalue weighted by molar-refractivity contribution is 7.80. The number of aliphatic hydroxyl groups is 1. The van der Waals surface area contributed by atoms with Crippen molar-refractivity contribution in [3.05, 3.63) is 29.8 Å². The van der Waals surface area contributed by atoms with Gasteiger partial charge in [0.25, 0.3) is 5.91 Å². The number of ether oxygens (including phenoxy) is 1. The van der Waals surface area contributed by atoms with Crippen LogP contribution in [-0.4, -0.2) is 55.5 Å². The Morgan fingerprint density at radius 2 is 1.91 bits per heavy atom. The number of carbonyl (C=O) groups is 1. The molecular weight excluding hydrogens is 314 g/mol. The van der Waals surface area contributed by atoms with E-state index in [-0.39, 0.29) is 11.0 Å². The van der Waals surface area contributed by atoms with Crippen LogP contribution in [0.3, 0.4) is 0 Å². The first-order valence-electron chi connectivity index (χ1n) is 7.75. The van der Waals surface area contributed by atoms with Crippen LogP contribution in [0.2, 0.25) is 0 Å². The molecule has 1 atom stereocenters. The molecule has 0 unspecified atom stereocenters. The molecule has 1 amide bonds. The van der Waals surface area contributed by atoms with Crippen LogP contribution in [0.15, 0.2) is 24.3 Å². The molecule has 0 bridgehead atoms. The third-order valence-corrected chi connectivity index (χ3v) is 3.85. The third kappa shape index (κ3) is 6.94. The van der Waals surface area contributed by atoms with Crippen molar-refractivity contribution in [2.75, 3.05) is 33.3 Å². The molecule has 4 N–H and O–H groups in total. The van der Waals surface area contributed by atoms with E-state index in [0.717, 1.165) is 13.1 Å². The molecule has 0 aliphatic heterocycles. The topological polar surface area (TPSA) is 75.0 Å². The van der Waals surface area contributed by atoms with Crippen LogP contribution < -0.4 is 20.3 Å². The van der Waals surface area contributed by atoms with Crippen molar-refractivity contribution in [1.29, 1.82) is 0 Å². The van der Waals surface area contributed by atoms with Crippen LogP contribution in [0.1, 0.15) is 24.2 Å². The lowest BCUT2D eigenvalue weighted by Gasteiger charge is -2.20. The number of amides is 1. The van der Waals surface area contributed by atoms with E-state index in [0.29, 0.717) is 24.4 Å². The summed E-state index contributed by atoms with van der Waals surface area (Å²) in [4.78, 5) is 13.3. The summed E-state index contributed by atoms with van der Waals surface area (Å²) >= 11 is 5.08. The summed E-state index contributed by atoms with van der Waals surface area (Å²) in [6.45, 7) is 7.05. The Bertz CT molecular complexity index is 504. The second kappa shape index (κ2) is 10.1. The van der Waals surface area contributed by atoms with E-state index < -0.39 is 6.10 Å². The maximum atomic E-state index is 12.0. The Hall–Kier alpha value is -1.70. The molecular formula is C16H26N3O3S+. The van der Waals surface area contributed by atoms with Gasteiger partial charge in [0.05, 0.1) is 20.2 Å². The van der Waals surface area contributed by atoms with E-state index >= 15 is 0 Å². The molecule has 23 heavy (non-hydrogen) atoms. The predicted molar refractivity (Wildman–Crippen MR) is 94.0 cm³/mol. The number of aliphatic hydroxyl groups excluding tert-OH is 1. The van der Waals surface area contributed by atoms with E-state index in [9.17, 15) is 9.90 Å². The number of nitrogens with one attached hydrogen (secondary N) is 3. The van der Waals surface area contributed by atoms with Crippen LogP contribution in [-0.2, 0) is 0 Å². The standard InChI is InChI=1S/C16H25N3O3S/c1-4-19(5-2)11-13(20)10-17-16(23)18-15(21)12-6-8-14(22-3)9-7-12/h6-9,13,20H,4-5,10-11H2,1-3H3,(H2,17,18,21,23)/p+1/t13-/m1/s1. The lowest BCUT2D eigenvalue weighted by molar-refractivity contribution is -0.899. The highest BCUT2D eigenvalue weighted by Gasteiger charge is 2.13. The number of quaternary nitrogens is 1. The SMILES string of the molecule is CC[NH+](CC)C[C@H](O)CNC(=S)NC(=O)c1ccc(OC)cc1. The van der Waals surface area contributed by atoms with Gasteiger partial charge in [0, 0.05) is 12.1 Å². The minimum absolute atomic E-state index is 0.208. The molecule has 0 fully saturated rings. The van der Waals surface area contributed by atoms with E-state index in [2.05, 4.69) is 24.5 Å². The largest absolute Gasteiger partial charge is 0.497 e. The Labute approximate surface area is 142 Å². The molecule has 0 aliphatic rings. The molecule has 7 heteroatoms. The van der Waals surface area contributed by atoms with Crippen molar-refractivity contribution >= 4 is 23.2 Å². The lowest BCUT2D eigenvalue weighted by Crippen LogP contribution is -3.12. The van der Waals surface area contributed by atoms with Gasteiger partial charge in [-0.3, -0.25) is 10.1 Å². The Kier molecular flexibility index (Phi) is 8.53. The zero-order valence-corrected chi connectivity index (χ0v) is 14.7. The molecule has 1 aromatic carbocycles. The average Bonchev–Trinajstić information content (AvgIpc) is 2.57. The van der Waals surface area contributed by atoms with Crippen molar-refractivity contribution in [3.63, 3.8) is 0 Å². The maximum absolute atomic E-state index is 12.0. The number of hydrogen-bond acceptors (Lipinski definition) is 4. The lowest BCUT2D eigenvalue weighted by atomic mass is 10.2. The number of likely N-dealkylation sites (N-methyl/N-ethyl adjacent to an activating group) is 1. The molecule has 0 heterocycles. The maximum Gasteiger partial charge on any atom is 0.257 e. The number of rotatable bonds is 8. The number of methoxy groups -OCH3 is 1. The Morgan fingerprint density at radius 1 is 1.30 bits per heavy atom. The van der Waals surface area contributed by atoms with E-state index in [4.69, 9.17) is 17.0 Å². The highest BCUT2D eigenvalue weighted by atomic mass is 32.1. The van der Waals surface area contributed by atoms with Gasteiger partial charge in [0.1, 0.15) is 18.4 Å². The smallest absolute Gasteiger partial charge is 0.257 e. The van der Waals surface area contributed by atoms with Gasteiger partial charge in [-0.1, -0.05) is 0 Å². The van der Waals surface area contributed by atoms with Gasteiger partial charge in [-0.25, -0.2) is 0 Å². The van der Waals surface area contributed by atoms with Gasteiger partial charge in [0.2, 0.25) is 0 Å². The molecule has 128 valence electrons. The zero-order chi connectivity index (χ0) is 17.2. The number of thiocarbonyl (C=S) groups is 1. The van der Waals surface area contributed by atoms with Crippen LogP contribution in [0, 0.1) is 0 Å². The monoisotopic (exact) mass is 340 g/mol. The Morgan fingerprint density at radius 3 is 2.43 bits per heavy atom. The fourth-order valence-corrected chi connectivity index (χ4v) is 2.29. The van der Waals surface area contributed by atoms with Gasteiger partial charge in [-0.2, -0.15) is 0 Å². The molecule has 0 radical (unpaired) electrons. The van der Waals surface area contributed by atoms with Crippen molar-refractivity contribution in [1.82, 2.24) is 10.6 Å². The second-order valence-electron chi connectivity index (χ2n) is 5.21. The van der Waals surface area contributed by atoms with Gasteiger partial charge in [0.15, 0.2) is 5.11 Å². The second-order valence-corrected chi connectivity index (χ2v) is 5.62. The number of benzene rings is 1. The van der Waals surface area contributed by atoms with Crippen molar-refractivity contribution in [2.45, 2.75) is 20.0 Å². The molecule has 0 spiro atoms. The van der Waals surface area contributed by atoms with E-state index in [1.165, 1.54) is 4.90 Å². The highest BCUT2D eigenvalue weighted by Crippen LogP contribution is 2.10. The molecule has 1 rings (SSSR count). The first-order valence-corrected chi connectivity index (χ1v) is 8.15. The van der Waals surface area contributed by atoms with E-state index in [1.54, 1.807) is 31.4 Å². The number of carbonyl (C=O) groups excluding carboxylic acids is 1. The predicted octanol–water partition coefficient (Wildman–Crippen LogP) is -0.415. The van der Waals surface area contributed by atoms with Crippen LogP contribution in [0.4, 0.5) is 0 Å². The summed E-state index contributed by atoms with van der Waals surface area (Å²) in [7, 11) is 1.57. The zero-order valence-electron chi connectivity index (χ0n) is 13.9. The fraction of sp³-hybridized carbons (Fsp3) is 0.500. The summed E-state index contributed by atoms with van der Waals surface area (Å²) in [5.41, 5.74) is 0.489. The van der Waals surface area contributed by atoms with Gasteiger partial charge < -0.3 is 20.1 Å². The quantitative estimate of drug-likeness (QED) is 0.484. The first-order chi connectivity index (χ1) is 11.0. The van der Waals surface area contributed by atoms with Crippen molar-refractivity contribution in [3.8, 4) is 5.75 Å². The van der Waals surface area contributed by atoms with Gasteiger partial charge in [-0.15, -0.1) is 0 Å². The van der Waals surface area contributed by atoms with Crippen LogP contribution in [0.5, 0.6) is 5.75 Å². The van der Waals surface area contributed by atoms with Gasteiger partial charge in [-0.05, 0) is 50.3 Å². The van der Waals surface area contributed by atoms with E-state index in [1.807, 2.05) is 0 Å². The molecule has 0 saturated heterocycles. The minimum atomic E-state index is -0.513. The summed E-state index contributed by atoms with van der Waals surface area (Å²) in [5, 5.41) is 15.6. The van der Waals surface area contributed by atoms with Crippen molar-refractivity contribution in [2.24, 2.45) is 0 Å². The summed E-state index contributed by atoms with van der Waals surface area (Å²) in [6.07, 6.45) is -0.513. The summed E-state index contributed by atoms with van der Waals surface area (Å²) < 4.78 is 5.05. The Balaban J connectivity index is 2.39. The molecule has 6 nitrogen and oxygen atoms in total. The summed E-state index contributed by atoms with van der Waals surface area (Å²) in [6, 6.07) is 6.74. The van der Waals surface area contributed by atoms with Crippen molar-refractivity contribution < 1.29 is 19.5 Å². The first kappa shape index (κ1) is 19.3. The molecule has 0 aliphatic carbocycles. The average molecular weight is 340 g/mol. The molecule has 0 saturated carbocycles. The fourth-order valence-electron chi connectivity index (χ4n) is 2.12. The van der Waals surface area contributed by atoms with Crippen LogP contribution >= 0.6 is 12.2 Å². The molecule has 0 aromatic heterocycles. The number of hydrogen-bond donors (Lipinski definition) is 4. The normalized spacial score (nSPS) is 11.9. The van der Waals surface area contributed by atoms with Crippen LogP contribution in [0.25, 0.3) is 0 Å². The summed E-state index contributed by atoms with van der Waals surface area (Å²) in [5.74, 6) is 0.387. The molecule has 1 aromatic rings. The third-order valence-electron chi connectivity index (χ3n) is 3.60.